The molecule has 3 aromatic heterocycles. The van der Waals surface area contributed by atoms with E-state index in [4.69, 9.17) is 9.97 Å². The van der Waals surface area contributed by atoms with E-state index in [9.17, 15) is 0 Å². The van der Waals surface area contributed by atoms with Crippen LogP contribution in [-0.2, 0) is 0 Å². The zero-order valence-corrected chi connectivity index (χ0v) is 16.0. The lowest BCUT2D eigenvalue weighted by molar-refractivity contribution is 1.29. The number of hydrogen-bond acceptors (Lipinski definition) is 4. The Hall–Kier alpha value is -4.18. The maximum Gasteiger partial charge on any atom is 0.0893 e. The molecule has 3 heterocycles. The maximum absolute atomic E-state index is 4.81. The van der Waals surface area contributed by atoms with Crippen LogP contribution in [0, 0.1) is 0 Å². The normalized spacial score (nSPS) is 11.3. The Bertz CT molecular complexity index is 1440. The number of nitrogens with zero attached hydrogens (tertiary/aromatic N) is 4. The minimum absolute atomic E-state index is 0.870. The maximum atomic E-state index is 4.81. The highest BCUT2D eigenvalue weighted by Gasteiger charge is 2.07. The van der Waals surface area contributed by atoms with Crippen LogP contribution < -0.4 is 0 Å². The van der Waals surface area contributed by atoms with Crippen molar-refractivity contribution in [1.82, 2.24) is 19.9 Å². The Balaban J connectivity index is 1.41. The third kappa shape index (κ3) is 2.86. The molecular formula is C26H16N4. The van der Waals surface area contributed by atoms with E-state index in [1.54, 1.807) is 12.4 Å². The Morgan fingerprint density at radius 3 is 2.23 bits per heavy atom. The van der Waals surface area contributed by atoms with Gasteiger partial charge >= 0.3 is 0 Å². The fourth-order valence-electron chi connectivity index (χ4n) is 3.81. The summed E-state index contributed by atoms with van der Waals surface area (Å²) in [5.41, 5.74) is 6.76. The molecular weight excluding hydrogens is 368 g/mol. The van der Waals surface area contributed by atoms with E-state index in [-0.39, 0.29) is 0 Å². The van der Waals surface area contributed by atoms with Crippen molar-refractivity contribution in [3.8, 4) is 22.5 Å². The van der Waals surface area contributed by atoms with E-state index in [2.05, 4.69) is 52.4 Å². The fraction of sp³-hybridized carbons (Fsp3) is 0. The molecule has 0 spiro atoms. The van der Waals surface area contributed by atoms with Gasteiger partial charge < -0.3 is 0 Å². The van der Waals surface area contributed by atoms with Gasteiger partial charge in [0.2, 0.25) is 0 Å². The minimum Gasteiger partial charge on any atom is -0.256 e. The number of pyridine rings is 2. The molecule has 0 saturated carbocycles. The second kappa shape index (κ2) is 6.71. The zero-order valence-electron chi connectivity index (χ0n) is 16.0. The summed E-state index contributed by atoms with van der Waals surface area (Å²) in [7, 11) is 0. The number of fused-ring (bicyclic) bond motifs is 3. The highest BCUT2D eigenvalue weighted by molar-refractivity contribution is 5.90. The summed E-state index contributed by atoms with van der Waals surface area (Å²) in [5.74, 6) is 0. The SMILES string of the molecule is c1ccc2nc(-c3ccc4cc(-c5ccc6nccnc6c5)ncc4c3)ccc2c1. The lowest BCUT2D eigenvalue weighted by Gasteiger charge is -2.07. The predicted octanol–water partition coefficient (Wildman–Crippen LogP) is 6.06. The van der Waals surface area contributed by atoms with Crippen molar-refractivity contribution in [1.29, 1.82) is 0 Å². The van der Waals surface area contributed by atoms with Crippen molar-refractivity contribution >= 4 is 32.7 Å². The van der Waals surface area contributed by atoms with Crippen LogP contribution in [-0.4, -0.2) is 19.9 Å². The van der Waals surface area contributed by atoms with Gasteiger partial charge in [-0.25, -0.2) is 4.98 Å². The fourth-order valence-corrected chi connectivity index (χ4v) is 3.81. The van der Waals surface area contributed by atoms with E-state index in [0.717, 1.165) is 55.2 Å². The average Bonchev–Trinajstić information content (AvgIpc) is 2.83. The standard InChI is InChI=1S/C26H16N4/c1-2-4-22-17(3-1)7-9-23(30-22)19-6-5-18-14-25(29-16-21(18)13-19)20-8-10-24-26(15-20)28-12-11-27-24/h1-16H. The first-order valence-corrected chi connectivity index (χ1v) is 9.81. The summed E-state index contributed by atoms with van der Waals surface area (Å²) < 4.78 is 0. The Kier molecular flexibility index (Phi) is 3.74. The van der Waals surface area contributed by atoms with Crippen LogP contribution in [0.1, 0.15) is 0 Å². The number of rotatable bonds is 2. The van der Waals surface area contributed by atoms with Crippen molar-refractivity contribution in [2.75, 3.05) is 0 Å². The quantitative estimate of drug-likeness (QED) is 0.364. The van der Waals surface area contributed by atoms with Crippen LogP contribution in [0.2, 0.25) is 0 Å². The summed E-state index contributed by atoms with van der Waals surface area (Å²) in [6, 6.07) is 26.9. The molecule has 0 fully saturated rings. The number of benzene rings is 3. The first-order chi connectivity index (χ1) is 14.8. The largest absolute Gasteiger partial charge is 0.256 e. The molecule has 4 heteroatoms. The summed E-state index contributed by atoms with van der Waals surface area (Å²) in [6.45, 7) is 0. The molecule has 0 N–H and O–H groups in total. The second-order valence-corrected chi connectivity index (χ2v) is 7.28. The Labute approximate surface area is 172 Å². The van der Waals surface area contributed by atoms with Crippen LogP contribution in [0.25, 0.3) is 55.2 Å². The van der Waals surface area contributed by atoms with E-state index >= 15 is 0 Å². The van der Waals surface area contributed by atoms with Gasteiger partial charge in [0.05, 0.1) is 27.9 Å². The first-order valence-electron chi connectivity index (χ1n) is 9.81. The Morgan fingerprint density at radius 2 is 1.27 bits per heavy atom. The molecule has 0 radical (unpaired) electrons. The van der Waals surface area contributed by atoms with Crippen LogP contribution in [0.4, 0.5) is 0 Å². The number of aromatic nitrogens is 4. The van der Waals surface area contributed by atoms with Crippen molar-refractivity contribution < 1.29 is 0 Å². The van der Waals surface area contributed by atoms with E-state index in [0.29, 0.717) is 0 Å². The van der Waals surface area contributed by atoms with Crippen molar-refractivity contribution in [3.63, 3.8) is 0 Å². The first kappa shape index (κ1) is 16.7. The topological polar surface area (TPSA) is 51.6 Å². The van der Waals surface area contributed by atoms with Gasteiger partial charge in [0.25, 0.3) is 0 Å². The lowest BCUT2D eigenvalue weighted by atomic mass is 10.0. The Morgan fingerprint density at radius 1 is 0.467 bits per heavy atom. The van der Waals surface area contributed by atoms with Crippen LogP contribution in [0.3, 0.4) is 0 Å². The minimum atomic E-state index is 0.870. The summed E-state index contributed by atoms with van der Waals surface area (Å²) in [4.78, 5) is 18.2. The van der Waals surface area contributed by atoms with Crippen LogP contribution in [0.15, 0.2) is 97.5 Å². The highest BCUT2D eigenvalue weighted by Crippen LogP contribution is 2.28. The molecule has 0 aliphatic rings. The highest BCUT2D eigenvalue weighted by atomic mass is 14.8. The molecule has 0 aliphatic carbocycles. The molecule has 30 heavy (non-hydrogen) atoms. The van der Waals surface area contributed by atoms with Crippen LogP contribution >= 0.6 is 0 Å². The smallest absolute Gasteiger partial charge is 0.0893 e. The van der Waals surface area contributed by atoms with Gasteiger partial charge in [-0.05, 0) is 41.8 Å². The predicted molar refractivity (Wildman–Crippen MR) is 121 cm³/mol. The molecule has 0 amide bonds. The molecule has 6 rings (SSSR count). The van der Waals surface area contributed by atoms with E-state index < -0.39 is 0 Å². The van der Waals surface area contributed by atoms with Gasteiger partial charge in [-0.3, -0.25) is 15.0 Å². The molecule has 4 nitrogen and oxygen atoms in total. The molecule has 0 atom stereocenters. The summed E-state index contributed by atoms with van der Waals surface area (Å²) in [5, 5.41) is 3.38. The van der Waals surface area contributed by atoms with Crippen molar-refractivity contribution in [2.45, 2.75) is 0 Å². The van der Waals surface area contributed by atoms with Gasteiger partial charge in [0.1, 0.15) is 0 Å². The lowest BCUT2D eigenvalue weighted by Crippen LogP contribution is -1.88. The molecule has 0 aliphatic heterocycles. The number of hydrogen-bond donors (Lipinski definition) is 0. The third-order valence-electron chi connectivity index (χ3n) is 5.38. The molecule has 3 aromatic carbocycles. The zero-order chi connectivity index (χ0) is 19.9. The van der Waals surface area contributed by atoms with Gasteiger partial charge in [-0.15, -0.1) is 0 Å². The van der Waals surface area contributed by atoms with Crippen molar-refractivity contribution in [3.05, 3.63) is 97.5 Å². The van der Waals surface area contributed by atoms with E-state index in [1.165, 1.54) is 0 Å². The van der Waals surface area contributed by atoms with Gasteiger partial charge in [0, 0.05) is 40.5 Å². The molecule has 140 valence electrons. The summed E-state index contributed by atoms with van der Waals surface area (Å²) >= 11 is 0. The third-order valence-corrected chi connectivity index (χ3v) is 5.38. The molecule has 6 aromatic rings. The number of para-hydroxylation sites is 1. The molecule has 0 unspecified atom stereocenters. The monoisotopic (exact) mass is 384 g/mol. The summed E-state index contributed by atoms with van der Waals surface area (Å²) in [6.07, 6.45) is 5.34. The van der Waals surface area contributed by atoms with Gasteiger partial charge in [-0.2, -0.15) is 0 Å². The second-order valence-electron chi connectivity index (χ2n) is 7.28. The van der Waals surface area contributed by atoms with Gasteiger partial charge in [0.15, 0.2) is 0 Å². The average molecular weight is 384 g/mol. The van der Waals surface area contributed by atoms with Crippen LogP contribution in [0.5, 0.6) is 0 Å². The van der Waals surface area contributed by atoms with E-state index in [1.807, 2.05) is 42.6 Å². The molecule has 0 bridgehead atoms. The van der Waals surface area contributed by atoms with Gasteiger partial charge in [-0.1, -0.05) is 42.5 Å². The van der Waals surface area contributed by atoms with Crippen molar-refractivity contribution in [2.24, 2.45) is 0 Å². The molecule has 0 saturated heterocycles.